The van der Waals surface area contributed by atoms with E-state index in [2.05, 4.69) is 42.2 Å². The Morgan fingerprint density at radius 3 is 2.61 bits per heavy atom. The number of hydrogen-bond acceptors (Lipinski definition) is 2. The molecule has 2 rings (SSSR count). The van der Waals surface area contributed by atoms with Gasteiger partial charge in [0.25, 0.3) is 5.91 Å². The maximum atomic E-state index is 12.0. The quantitative estimate of drug-likeness (QED) is 0.820. The van der Waals surface area contributed by atoms with E-state index in [0.717, 1.165) is 4.47 Å². The Balaban J connectivity index is 2.19. The molecule has 0 bridgehead atoms. The molecule has 92 valence electrons. The molecule has 1 amide bonds. The number of amides is 1. The number of pyridine rings is 1. The summed E-state index contributed by atoms with van der Waals surface area (Å²) in [5, 5.41) is 3.22. The van der Waals surface area contributed by atoms with Crippen molar-refractivity contribution in [1.29, 1.82) is 0 Å². The van der Waals surface area contributed by atoms with Crippen LogP contribution in [0.5, 0.6) is 0 Å². The van der Waals surface area contributed by atoms with Gasteiger partial charge < -0.3 is 5.32 Å². The van der Waals surface area contributed by atoms with E-state index < -0.39 is 0 Å². The Labute approximate surface area is 126 Å². The van der Waals surface area contributed by atoms with Crippen molar-refractivity contribution in [3.63, 3.8) is 0 Å². The molecule has 0 fully saturated rings. The van der Waals surface area contributed by atoms with Gasteiger partial charge in [0, 0.05) is 15.1 Å². The zero-order valence-electron chi connectivity index (χ0n) is 8.95. The van der Waals surface area contributed by atoms with E-state index in [1.54, 1.807) is 24.3 Å². The highest BCUT2D eigenvalue weighted by atomic mass is 79.9. The van der Waals surface area contributed by atoms with Crippen LogP contribution in [0.2, 0.25) is 5.02 Å². The van der Waals surface area contributed by atoms with E-state index in [4.69, 9.17) is 11.6 Å². The van der Waals surface area contributed by atoms with Gasteiger partial charge in [0.1, 0.15) is 5.82 Å². The third kappa shape index (κ3) is 3.31. The highest BCUT2D eigenvalue weighted by Crippen LogP contribution is 2.22. The Morgan fingerprint density at radius 1 is 1.22 bits per heavy atom. The summed E-state index contributed by atoms with van der Waals surface area (Å²) >= 11 is 12.4. The number of anilines is 1. The number of carbonyl (C=O) groups excluding carboxylic acids is 1. The van der Waals surface area contributed by atoms with Crippen molar-refractivity contribution in [3.8, 4) is 0 Å². The zero-order valence-corrected chi connectivity index (χ0v) is 12.9. The first kappa shape index (κ1) is 13.5. The van der Waals surface area contributed by atoms with Crippen molar-refractivity contribution in [1.82, 2.24) is 4.98 Å². The van der Waals surface area contributed by atoms with Gasteiger partial charge in [-0.15, -0.1) is 0 Å². The average molecular weight is 390 g/mol. The minimum absolute atomic E-state index is 0.232. The summed E-state index contributed by atoms with van der Waals surface area (Å²) in [5.74, 6) is 0.225. The number of nitrogens with one attached hydrogen (secondary N) is 1. The van der Waals surface area contributed by atoms with Gasteiger partial charge in [-0.1, -0.05) is 27.5 Å². The van der Waals surface area contributed by atoms with Crippen LogP contribution in [-0.4, -0.2) is 10.9 Å². The van der Waals surface area contributed by atoms with Gasteiger partial charge in [0.2, 0.25) is 0 Å². The Morgan fingerprint density at radius 2 is 2.00 bits per heavy atom. The number of hydrogen-bond donors (Lipinski definition) is 1. The molecule has 0 aliphatic heterocycles. The van der Waals surface area contributed by atoms with Crippen molar-refractivity contribution in [2.45, 2.75) is 0 Å². The minimum Gasteiger partial charge on any atom is -0.307 e. The summed E-state index contributed by atoms with van der Waals surface area (Å²) in [6.45, 7) is 0. The second-order valence-electron chi connectivity index (χ2n) is 3.44. The minimum atomic E-state index is -0.232. The fourth-order valence-corrected chi connectivity index (χ4v) is 2.65. The molecule has 0 saturated carbocycles. The van der Waals surface area contributed by atoms with Crippen LogP contribution in [-0.2, 0) is 0 Å². The van der Waals surface area contributed by atoms with Crippen LogP contribution in [0.15, 0.2) is 45.5 Å². The van der Waals surface area contributed by atoms with Gasteiger partial charge in [-0.2, -0.15) is 0 Å². The molecule has 0 saturated heterocycles. The SMILES string of the molecule is O=C(Nc1ccc(Cl)cn1)c1ccc(Br)cc1Br. The molecular formula is C12H7Br2ClN2O. The van der Waals surface area contributed by atoms with E-state index in [9.17, 15) is 4.79 Å². The smallest absolute Gasteiger partial charge is 0.257 e. The van der Waals surface area contributed by atoms with Gasteiger partial charge in [0.05, 0.1) is 10.6 Å². The lowest BCUT2D eigenvalue weighted by molar-refractivity contribution is 0.102. The molecule has 0 atom stereocenters. The monoisotopic (exact) mass is 388 g/mol. The first-order valence-corrected chi connectivity index (χ1v) is 6.90. The van der Waals surface area contributed by atoms with E-state index in [1.165, 1.54) is 6.20 Å². The molecule has 2 aromatic rings. The summed E-state index contributed by atoms with van der Waals surface area (Å²) in [7, 11) is 0. The highest BCUT2D eigenvalue weighted by molar-refractivity contribution is 9.11. The van der Waals surface area contributed by atoms with Gasteiger partial charge in [-0.05, 0) is 46.3 Å². The standard InChI is InChI=1S/C12H7Br2ClN2O/c13-7-1-3-9(10(14)5-7)12(18)17-11-4-2-8(15)6-16-11/h1-6H,(H,16,17,18). The first-order chi connectivity index (χ1) is 8.56. The summed E-state index contributed by atoms with van der Waals surface area (Å²) < 4.78 is 1.61. The van der Waals surface area contributed by atoms with Crippen LogP contribution in [0.25, 0.3) is 0 Å². The summed E-state index contributed by atoms with van der Waals surface area (Å²) in [4.78, 5) is 16.0. The van der Waals surface area contributed by atoms with Crippen molar-refractivity contribution in [2.24, 2.45) is 0 Å². The third-order valence-electron chi connectivity index (χ3n) is 2.14. The lowest BCUT2D eigenvalue weighted by Gasteiger charge is -2.06. The van der Waals surface area contributed by atoms with Gasteiger partial charge in [0.15, 0.2) is 0 Å². The van der Waals surface area contributed by atoms with E-state index in [-0.39, 0.29) is 5.91 Å². The molecule has 0 radical (unpaired) electrons. The predicted molar refractivity (Wildman–Crippen MR) is 79.0 cm³/mol. The topological polar surface area (TPSA) is 42.0 Å². The number of benzene rings is 1. The van der Waals surface area contributed by atoms with Crippen LogP contribution in [0.1, 0.15) is 10.4 Å². The number of carbonyl (C=O) groups is 1. The lowest BCUT2D eigenvalue weighted by Crippen LogP contribution is -2.13. The number of aromatic nitrogens is 1. The van der Waals surface area contributed by atoms with Crippen molar-refractivity contribution in [3.05, 3.63) is 56.1 Å². The van der Waals surface area contributed by atoms with Crippen molar-refractivity contribution in [2.75, 3.05) is 5.32 Å². The molecule has 1 N–H and O–H groups in total. The maximum absolute atomic E-state index is 12.0. The number of nitrogens with zero attached hydrogens (tertiary/aromatic N) is 1. The van der Waals surface area contributed by atoms with E-state index >= 15 is 0 Å². The average Bonchev–Trinajstić information content (AvgIpc) is 2.32. The predicted octanol–water partition coefficient (Wildman–Crippen LogP) is 4.51. The van der Waals surface area contributed by atoms with Crippen LogP contribution >= 0.6 is 43.5 Å². The molecule has 1 aromatic carbocycles. The van der Waals surface area contributed by atoms with Crippen LogP contribution < -0.4 is 5.32 Å². The summed E-state index contributed by atoms with van der Waals surface area (Å²) in [6, 6.07) is 8.65. The van der Waals surface area contributed by atoms with Gasteiger partial charge in [-0.25, -0.2) is 4.98 Å². The van der Waals surface area contributed by atoms with E-state index in [0.29, 0.717) is 20.9 Å². The number of rotatable bonds is 2. The molecule has 6 heteroatoms. The fraction of sp³-hybridized carbons (Fsp3) is 0. The fourth-order valence-electron chi connectivity index (χ4n) is 1.31. The molecule has 0 aliphatic rings. The van der Waals surface area contributed by atoms with Crippen LogP contribution in [0.3, 0.4) is 0 Å². The molecule has 0 aliphatic carbocycles. The Hall–Kier alpha value is -0.910. The van der Waals surface area contributed by atoms with Crippen molar-refractivity contribution >= 4 is 55.2 Å². The third-order valence-corrected chi connectivity index (χ3v) is 3.52. The van der Waals surface area contributed by atoms with E-state index in [1.807, 2.05) is 6.07 Å². The van der Waals surface area contributed by atoms with Crippen LogP contribution in [0, 0.1) is 0 Å². The molecular weight excluding hydrogens is 383 g/mol. The molecule has 18 heavy (non-hydrogen) atoms. The Bertz CT molecular complexity index is 587. The molecule has 0 spiro atoms. The maximum Gasteiger partial charge on any atom is 0.257 e. The number of halogens is 3. The summed E-state index contributed by atoms with van der Waals surface area (Å²) in [5.41, 5.74) is 0.537. The largest absolute Gasteiger partial charge is 0.307 e. The molecule has 3 nitrogen and oxygen atoms in total. The van der Waals surface area contributed by atoms with Crippen LogP contribution in [0.4, 0.5) is 5.82 Å². The first-order valence-electron chi connectivity index (χ1n) is 4.94. The highest BCUT2D eigenvalue weighted by Gasteiger charge is 2.10. The normalized spacial score (nSPS) is 10.2. The lowest BCUT2D eigenvalue weighted by atomic mass is 10.2. The molecule has 1 aromatic heterocycles. The molecule has 0 unspecified atom stereocenters. The van der Waals surface area contributed by atoms with Gasteiger partial charge in [-0.3, -0.25) is 4.79 Å². The summed E-state index contributed by atoms with van der Waals surface area (Å²) in [6.07, 6.45) is 1.48. The second kappa shape index (κ2) is 5.82. The van der Waals surface area contributed by atoms with Gasteiger partial charge >= 0.3 is 0 Å². The zero-order chi connectivity index (χ0) is 13.1. The Kier molecular flexibility index (Phi) is 4.37. The van der Waals surface area contributed by atoms with Crippen molar-refractivity contribution < 1.29 is 4.79 Å². The molecule has 1 heterocycles. The second-order valence-corrected chi connectivity index (χ2v) is 5.65.